The Morgan fingerprint density at radius 1 is 1.16 bits per heavy atom. The van der Waals surface area contributed by atoms with Gasteiger partial charge in [0.15, 0.2) is 0 Å². The highest BCUT2D eigenvalue weighted by Crippen LogP contribution is 2.32. The van der Waals surface area contributed by atoms with E-state index < -0.39 is 11.5 Å². The Hall–Kier alpha value is -2.83. The molecule has 3 amide bonds. The van der Waals surface area contributed by atoms with E-state index in [1.807, 2.05) is 33.8 Å². The first-order valence-electron chi connectivity index (χ1n) is 9.72. The molecule has 162 valence electrons. The number of carbonyl (C=O) groups excluding carboxylic acids is 3. The monoisotopic (exact) mass is 456 g/mol. The summed E-state index contributed by atoms with van der Waals surface area (Å²) < 4.78 is 0. The number of nitriles is 1. The van der Waals surface area contributed by atoms with Crippen molar-refractivity contribution >= 4 is 51.5 Å². The molecule has 1 saturated heterocycles. The van der Waals surface area contributed by atoms with Gasteiger partial charge in [0, 0.05) is 16.9 Å². The van der Waals surface area contributed by atoms with Crippen LogP contribution in [0, 0.1) is 23.7 Å². The third-order valence-electron chi connectivity index (χ3n) is 4.76. The van der Waals surface area contributed by atoms with Crippen molar-refractivity contribution in [2.75, 3.05) is 22.3 Å². The van der Waals surface area contributed by atoms with E-state index in [1.54, 1.807) is 35.2 Å². The third-order valence-corrected chi connectivity index (χ3v) is 6.91. The third kappa shape index (κ3) is 5.27. The van der Waals surface area contributed by atoms with E-state index in [4.69, 9.17) is 5.26 Å². The first kappa shape index (κ1) is 22.8. The summed E-state index contributed by atoms with van der Waals surface area (Å²) in [5.74, 6) is 0.323. The summed E-state index contributed by atoms with van der Waals surface area (Å²) in [6.07, 6.45) is 0. The van der Waals surface area contributed by atoms with Gasteiger partial charge in [-0.25, -0.2) is 0 Å². The zero-order chi connectivity index (χ0) is 22.8. The number of rotatable bonds is 4. The second-order valence-corrected chi connectivity index (χ2v) is 10.3. The topological polar surface area (TPSA) is 102 Å². The van der Waals surface area contributed by atoms with Crippen molar-refractivity contribution < 1.29 is 14.4 Å². The Balaban J connectivity index is 1.72. The lowest BCUT2D eigenvalue weighted by Gasteiger charge is -2.23. The smallest absolute Gasteiger partial charge is 0.265 e. The molecule has 1 aromatic heterocycles. The molecule has 1 atom stereocenters. The molecule has 9 heteroatoms. The lowest BCUT2D eigenvalue weighted by atomic mass is 9.96. The minimum atomic E-state index is -0.595. The molecule has 1 aliphatic rings. The molecule has 0 unspecified atom stereocenters. The number of anilines is 2. The van der Waals surface area contributed by atoms with Crippen molar-refractivity contribution in [3.8, 4) is 6.07 Å². The van der Waals surface area contributed by atoms with Crippen LogP contribution in [0.2, 0.25) is 0 Å². The number of hydrogen-bond acceptors (Lipinski definition) is 6. The largest absolute Gasteiger partial charge is 0.324 e. The molecule has 7 nitrogen and oxygen atoms in total. The highest BCUT2D eigenvalue weighted by atomic mass is 32.2. The summed E-state index contributed by atoms with van der Waals surface area (Å²) in [7, 11) is 0. The molecule has 0 radical (unpaired) electrons. The SMILES string of the molecule is Cc1cc(NC(=O)C(C)(C)C)sc1C(=O)N1CSC[C@@H]1C(=O)Nc1ccc(C#N)cc1. The number of thiophene rings is 1. The summed E-state index contributed by atoms with van der Waals surface area (Å²) in [5, 5.41) is 15.2. The van der Waals surface area contributed by atoms with Crippen molar-refractivity contribution in [3.05, 3.63) is 46.3 Å². The number of amides is 3. The predicted molar refractivity (Wildman–Crippen MR) is 124 cm³/mol. The lowest BCUT2D eigenvalue weighted by molar-refractivity contribution is -0.123. The molecule has 31 heavy (non-hydrogen) atoms. The Morgan fingerprint density at radius 2 is 1.84 bits per heavy atom. The van der Waals surface area contributed by atoms with Crippen LogP contribution in [0.1, 0.15) is 41.6 Å². The average Bonchev–Trinajstić information content (AvgIpc) is 3.34. The molecule has 1 aromatic carbocycles. The van der Waals surface area contributed by atoms with E-state index >= 15 is 0 Å². The van der Waals surface area contributed by atoms with Crippen LogP contribution in [0.15, 0.2) is 30.3 Å². The van der Waals surface area contributed by atoms with E-state index in [1.165, 1.54) is 23.1 Å². The van der Waals surface area contributed by atoms with Crippen LogP contribution in [-0.2, 0) is 9.59 Å². The Morgan fingerprint density at radius 3 is 2.45 bits per heavy atom. The molecule has 2 N–H and O–H groups in total. The molecule has 3 rings (SSSR count). The molecular weight excluding hydrogens is 432 g/mol. The predicted octanol–water partition coefficient (Wildman–Crippen LogP) is 4.07. The highest BCUT2D eigenvalue weighted by molar-refractivity contribution is 7.99. The second-order valence-electron chi connectivity index (χ2n) is 8.30. The standard InChI is InChI=1S/C22H24N4O3S2/c1-13-9-17(25-21(29)22(2,3)4)31-18(13)20(28)26-12-30-11-16(26)19(27)24-15-7-5-14(10-23)6-8-15/h5-9,16H,11-12H2,1-4H3,(H,24,27)(H,25,29)/t16-/m1/s1. The first-order chi connectivity index (χ1) is 14.6. The van der Waals surface area contributed by atoms with E-state index in [-0.39, 0.29) is 17.7 Å². The number of benzene rings is 1. The fourth-order valence-electron chi connectivity index (χ4n) is 2.90. The number of carbonyl (C=O) groups is 3. The van der Waals surface area contributed by atoms with Crippen LogP contribution >= 0.6 is 23.1 Å². The maximum absolute atomic E-state index is 13.2. The second kappa shape index (κ2) is 9.12. The van der Waals surface area contributed by atoms with E-state index in [9.17, 15) is 14.4 Å². The van der Waals surface area contributed by atoms with Gasteiger partial charge in [0.1, 0.15) is 6.04 Å². The van der Waals surface area contributed by atoms with Gasteiger partial charge < -0.3 is 15.5 Å². The average molecular weight is 457 g/mol. The Bertz CT molecular complexity index is 1050. The van der Waals surface area contributed by atoms with Gasteiger partial charge in [-0.15, -0.1) is 23.1 Å². The van der Waals surface area contributed by atoms with Gasteiger partial charge in [0.25, 0.3) is 5.91 Å². The quantitative estimate of drug-likeness (QED) is 0.722. The minimum Gasteiger partial charge on any atom is -0.324 e. The minimum absolute atomic E-state index is 0.121. The van der Waals surface area contributed by atoms with Crippen molar-refractivity contribution in [1.82, 2.24) is 4.90 Å². The van der Waals surface area contributed by atoms with Crippen molar-refractivity contribution in [1.29, 1.82) is 5.26 Å². The Labute approximate surface area is 189 Å². The normalized spacial score (nSPS) is 16.0. The van der Waals surface area contributed by atoms with Gasteiger partial charge in [-0.2, -0.15) is 5.26 Å². The summed E-state index contributed by atoms with van der Waals surface area (Å²) in [6, 6.07) is 9.82. The van der Waals surface area contributed by atoms with Gasteiger partial charge in [0.2, 0.25) is 11.8 Å². The molecule has 2 heterocycles. The number of nitrogens with one attached hydrogen (secondary N) is 2. The van der Waals surface area contributed by atoms with Gasteiger partial charge in [-0.1, -0.05) is 20.8 Å². The molecule has 0 bridgehead atoms. The van der Waals surface area contributed by atoms with E-state index in [2.05, 4.69) is 10.6 Å². The van der Waals surface area contributed by atoms with Crippen LogP contribution in [0.3, 0.4) is 0 Å². The van der Waals surface area contributed by atoms with Gasteiger partial charge >= 0.3 is 0 Å². The fraction of sp³-hybridized carbons (Fsp3) is 0.364. The first-order valence-corrected chi connectivity index (χ1v) is 11.7. The summed E-state index contributed by atoms with van der Waals surface area (Å²) >= 11 is 2.75. The number of hydrogen-bond donors (Lipinski definition) is 2. The molecule has 1 fully saturated rings. The van der Waals surface area contributed by atoms with Crippen molar-refractivity contribution in [3.63, 3.8) is 0 Å². The van der Waals surface area contributed by atoms with Gasteiger partial charge in [-0.3, -0.25) is 14.4 Å². The lowest BCUT2D eigenvalue weighted by Crippen LogP contribution is -2.44. The molecule has 2 aromatic rings. The molecule has 0 saturated carbocycles. The fourth-order valence-corrected chi connectivity index (χ4v) is 5.08. The van der Waals surface area contributed by atoms with Crippen molar-refractivity contribution in [2.45, 2.75) is 33.7 Å². The number of thioether (sulfide) groups is 1. The zero-order valence-corrected chi connectivity index (χ0v) is 19.4. The molecule has 0 aliphatic carbocycles. The summed E-state index contributed by atoms with van der Waals surface area (Å²) in [6.45, 7) is 7.31. The number of nitrogens with zero attached hydrogens (tertiary/aromatic N) is 2. The van der Waals surface area contributed by atoms with Crippen LogP contribution in [-0.4, -0.2) is 40.3 Å². The van der Waals surface area contributed by atoms with Crippen LogP contribution < -0.4 is 10.6 Å². The van der Waals surface area contributed by atoms with E-state index in [0.29, 0.717) is 32.8 Å². The van der Waals surface area contributed by atoms with Gasteiger partial charge in [0.05, 0.1) is 27.4 Å². The molecule has 1 aliphatic heterocycles. The van der Waals surface area contributed by atoms with Crippen LogP contribution in [0.25, 0.3) is 0 Å². The molecular formula is C22H24N4O3S2. The maximum Gasteiger partial charge on any atom is 0.265 e. The van der Waals surface area contributed by atoms with Crippen molar-refractivity contribution in [2.24, 2.45) is 5.41 Å². The number of aryl methyl sites for hydroxylation is 1. The van der Waals surface area contributed by atoms with Crippen LogP contribution in [0.5, 0.6) is 0 Å². The Kier molecular flexibility index (Phi) is 6.72. The maximum atomic E-state index is 13.2. The summed E-state index contributed by atoms with van der Waals surface area (Å²) in [5.41, 5.74) is 1.31. The molecule has 0 spiro atoms. The van der Waals surface area contributed by atoms with Crippen LogP contribution in [0.4, 0.5) is 10.7 Å². The van der Waals surface area contributed by atoms with E-state index in [0.717, 1.165) is 5.56 Å². The zero-order valence-electron chi connectivity index (χ0n) is 17.8. The summed E-state index contributed by atoms with van der Waals surface area (Å²) in [4.78, 5) is 40.4. The van der Waals surface area contributed by atoms with Gasteiger partial charge in [-0.05, 0) is 42.8 Å². The highest BCUT2D eigenvalue weighted by Gasteiger charge is 2.36.